The van der Waals surface area contributed by atoms with Gasteiger partial charge in [0.2, 0.25) is 5.91 Å². The molecule has 1 aromatic carbocycles. The van der Waals surface area contributed by atoms with Gasteiger partial charge < -0.3 is 15.0 Å². The molecule has 0 saturated carbocycles. The number of carbonyl (C=O) groups excluding carboxylic acids is 1. The standard InChI is InChI=1S/C17H26N2O2/c1-13-6-8-16(9-7-13)21-12-14(2)18-17(20)15-5-4-10-19(3)11-15/h6-9,14-15H,4-5,10-12H2,1-3H3,(H,18,20)/t14-,15-/m1/s1. The quantitative estimate of drug-likeness (QED) is 0.904. The number of benzene rings is 1. The molecule has 21 heavy (non-hydrogen) atoms. The molecule has 1 aliphatic heterocycles. The van der Waals surface area contributed by atoms with Crippen molar-refractivity contribution in [2.75, 3.05) is 26.7 Å². The molecule has 0 aromatic heterocycles. The van der Waals surface area contributed by atoms with Gasteiger partial charge in [0.05, 0.1) is 12.0 Å². The van der Waals surface area contributed by atoms with Gasteiger partial charge >= 0.3 is 0 Å². The van der Waals surface area contributed by atoms with Gasteiger partial charge in [0.25, 0.3) is 0 Å². The van der Waals surface area contributed by atoms with E-state index in [1.807, 2.05) is 38.1 Å². The highest BCUT2D eigenvalue weighted by atomic mass is 16.5. The number of hydrogen-bond acceptors (Lipinski definition) is 3. The van der Waals surface area contributed by atoms with E-state index in [-0.39, 0.29) is 17.9 Å². The molecule has 0 unspecified atom stereocenters. The van der Waals surface area contributed by atoms with Crippen molar-refractivity contribution in [3.63, 3.8) is 0 Å². The van der Waals surface area contributed by atoms with Crippen LogP contribution in [0.1, 0.15) is 25.3 Å². The number of ether oxygens (including phenoxy) is 1. The molecular formula is C17H26N2O2. The van der Waals surface area contributed by atoms with Crippen molar-refractivity contribution >= 4 is 5.91 Å². The van der Waals surface area contributed by atoms with Crippen LogP contribution in [-0.4, -0.2) is 43.6 Å². The second kappa shape index (κ2) is 7.46. The van der Waals surface area contributed by atoms with Gasteiger partial charge in [-0.1, -0.05) is 17.7 Å². The number of amides is 1. The third kappa shape index (κ3) is 5.05. The Morgan fingerprint density at radius 3 is 2.81 bits per heavy atom. The number of rotatable bonds is 5. The highest BCUT2D eigenvalue weighted by Crippen LogP contribution is 2.15. The Kier molecular flexibility index (Phi) is 5.62. The number of aryl methyl sites for hydroxylation is 1. The lowest BCUT2D eigenvalue weighted by atomic mass is 9.97. The molecule has 1 fully saturated rings. The van der Waals surface area contributed by atoms with Crippen molar-refractivity contribution < 1.29 is 9.53 Å². The van der Waals surface area contributed by atoms with E-state index in [9.17, 15) is 4.79 Å². The first-order chi connectivity index (χ1) is 10.0. The lowest BCUT2D eigenvalue weighted by Crippen LogP contribution is -2.45. The normalized spacial score (nSPS) is 20.8. The summed E-state index contributed by atoms with van der Waals surface area (Å²) in [4.78, 5) is 14.4. The molecule has 0 aliphatic carbocycles. The van der Waals surface area contributed by atoms with Crippen LogP contribution in [0.5, 0.6) is 5.75 Å². The molecule has 1 heterocycles. The summed E-state index contributed by atoms with van der Waals surface area (Å²) < 4.78 is 5.71. The molecule has 0 bridgehead atoms. The highest BCUT2D eigenvalue weighted by Gasteiger charge is 2.24. The molecule has 1 N–H and O–H groups in total. The zero-order valence-electron chi connectivity index (χ0n) is 13.3. The van der Waals surface area contributed by atoms with E-state index in [4.69, 9.17) is 4.74 Å². The Morgan fingerprint density at radius 2 is 2.14 bits per heavy atom. The first kappa shape index (κ1) is 15.8. The minimum atomic E-state index is 0.0195. The molecule has 116 valence electrons. The minimum Gasteiger partial charge on any atom is -0.491 e. The Balaban J connectivity index is 1.74. The fourth-order valence-electron chi connectivity index (χ4n) is 2.64. The predicted molar refractivity (Wildman–Crippen MR) is 84.5 cm³/mol. The molecule has 0 radical (unpaired) electrons. The fraction of sp³-hybridized carbons (Fsp3) is 0.588. The van der Waals surface area contributed by atoms with E-state index in [0.29, 0.717) is 6.61 Å². The Morgan fingerprint density at radius 1 is 1.43 bits per heavy atom. The van der Waals surface area contributed by atoms with Crippen LogP contribution in [0.15, 0.2) is 24.3 Å². The van der Waals surface area contributed by atoms with E-state index in [1.54, 1.807) is 0 Å². The summed E-state index contributed by atoms with van der Waals surface area (Å²) in [6.45, 7) is 6.48. The molecule has 0 spiro atoms. The van der Waals surface area contributed by atoms with Gasteiger partial charge in [-0.2, -0.15) is 0 Å². The monoisotopic (exact) mass is 290 g/mol. The van der Waals surface area contributed by atoms with Crippen LogP contribution < -0.4 is 10.1 Å². The van der Waals surface area contributed by atoms with Crippen molar-refractivity contribution in [1.82, 2.24) is 10.2 Å². The maximum Gasteiger partial charge on any atom is 0.224 e. The van der Waals surface area contributed by atoms with Crippen molar-refractivity contribution in [1.29, 1.82) is 0 Å². The second-order valence-corrected chi connectivity index (χ2v) is 6.14. The topological polar surface area (TPSA) is 41.6 Å². The van der Waals surface area contributed by atoms with Crippen LogP contribution in [0.4, 0.5) is 0 Å². The number of hydrogen-bond donors (Lipinski definition) is 1. The number of piperidine rings is 1. The summed E-state index contributed by atoms with van der Waals surface area (Å²) in [6, 6.07) is 7.98. The lowest BCUT2D eigenvalue weighted by molar-refractivity contribution is -0.127. The molecule has 1 aromatic rings. The highest BCUT2D eigenvalue weighted by molar-refractivity contribution is 5.79. The molecule has 4 heteroatoms. The number of carbonyl (C=O) groups is 1. The van der Waals surface area contributed by atoms with E-state index >= 15 is 0 Å². The Bertz CT molecular complexity index is 458. The minimum absolute atomic E-state index is 0.0195. The van der Waals surface area contributed by atoms with Gasteiger partial charge in [-0.3, -0.25) is 4.79 Å². The van der Waals surface area contributed by atoms with Crippen LogP contribution in [0.2, 0.25) is 0 Å². The number of likely N-dealkylation sites (tertiary alicyclic amines) is 1. The average molecular weight is 290 g/mol. The molecule has 2 atom stereocenters. The van der Waals surface area contributed by atoms with Crippen molar-refractivity contribution in [3.8, 4) is 5.75 Å². The summed E-state index contributed by atoms with van der Waals surface area (Å²) in [7, 11) is 2.07. The average Bonchev–Trinajstić information content (AvgIpc) is 2.46. The second-order valence-electron chi connectivity index (χ2n) is 6.14. The van der Waals surface area contributed by atoms with Crippen LogP contribution in [0.3, 0.4) is 0 Å². The summed E-state index contributed by atoms with van der Waals surface area (Å²) in [6.07, 6.45) is 2.09. The van der Waals surface area contributed by atoms with E-state index in [0.717, 1.165) is 31.7 Å². The largest absolute Gasteiger partial charge is 0.491 e. The molecular weight excluding hydrogens is 264 g/mol. The maximum atomic E-state index is 12.2. The summed E-state index contributed by atoms with van der Waals surface area (Å²) in [5, 5.41) is 3.06. The van der Waals surface area contributed by atoms with Gasteiger partial charge in [0.15, 0.2) is 0 Å². The van der Waals surface area contributed by atoms with E-state index in [1.165, 1.54) is 5.56 Å². The maximum absolute atomic E-state index is 12.2. The molecule has 4 nitrogen and oxygen atoms in total. The van der Waals surface area contributed by atoms with Gasteiger partial charge in [-0.25, -0.2) is 0 Å². The smallest absolute Gasteiger partial charge is 0.224 e. The third-order valence-electron chi connectivity index (χ3n) is 3.90. The van der Waals surface area contributed by atoms with Gasteiger partial charge in [-0.05, 0) is 52.4 Å². The van der Waals surface area contributed by atoms with Crippen molar-refractivity contribution in [2.24, 2.45) is 5.92 Å². The fourth-order valence-corrected chi connectivity index (χ4v) is 2.64. The lowest BCUT2D eigenvalue weighted by Gasteiger charge is -2.29. The van der Waals surface area contributed by atoms with E-state index < -0.39 is 0 Å². The van der Waals surface area contributed by atoms with Crippen LogP contribution in [0.25, 0.3) is 0 Å². The van der Waals surface area contributed by atoms with Crippen LogP contribution >= 0.6 is 0 Å². The first-order valence-electron chi connectivity index (χ1n) is 7.73. The van der Waals surface area contributed by atoms with Crippen LogP contribution in [-0.2, 0) is 4.79 Å². The summed E-state index contributed by atoms with van der Waals surface area (Å²) >= 11 is 0. The first-order valence-corrected chi connectivity index (χ1v) is 7.73. The molecule has 1 saturated heterocycles. The van der Waals surface area contributed by atoms with Gasteiger partial charge in [0.1, 0.15) is 12.4 Å². The van der Waals surface area contributed by atoms with Gasteiger partial charge in [0, 0.05) is 6.54 Å². The SMILES string of the molecule is Cc1ccc(OC[C@@H](C)NC(=O)[C@@H]2CCCN(C)C2)cc1. The van der Waals surface area contributed by atoms with Gasteiger partial charge in [-0.15, -0.1) is 0 Å². The third-order valence-corrected chi connectivity index (χ3v) is 3.90. The number of nitrogens with zero attached hydrogens (tertiary/aromatic N) is 1. The van der Waals surface area contributed by atoms with Crippen molar-refractivity contribution in [3.05, 3.63) is 29.8 Å². The zero-order valence-corrected chi connectivity index (χ0v) is 13.3. The van der Waals surface area contributed by atoms with Crippen molar-refractivity contribution in [2.45, 2.75) is 32.7 Å². The number of nitrogens with one attached hydrogen (secondary N) is 1. The Labute approximate surface area is 127 Å². The Hall–Kier alpha value is -1.55. The summed E-state index contributed by atoms with van der Waals surface area (Å²) in [5.74, 6) is 1.12. The zero-order chi connectivity index (χ0) is 15.2. The van der Waals surface area contributed by atoms with Crippen LogP contribution in [0, 0.1) is 12.8 Å². The summed E-state index contributed by atoms with van der Waals surface area (Å²) in [5.41, 5.74) is 1.21. The molecule has 1 amide bonds. The predicted octanol–water partition coefficient (Wildman–Crippen LogP) is 2.22. The molecule has 1 aliphatic rings. The molecule has 2 rings (SSSR count). The van der Waals surface area contributed by atoms with E-state index in [2.05, 4.69) is 17.3 Å².